The lowest BCUT2D eigenvalue weighted by molar-refractivity contribution is 0.171. The Kier molecular flexibility index (Phi) is 3.40. The van der Waals surface area contributed by atoms with E-state index in [0.29, 0.717) is 36.3 Å². The van der Waals surface area contributed by atoms with Gasteiger partial charge >= 0.3 is 0 Å². The van der Waals surface area contributed by atoms with Crippen molar-refractivity contribution in [1.29, 1.82) is 0 Å². The van der Waals surface area contributed by atoms with Gasteiger partial charge in [0.1, 0.15) is 13.2 Å². The van der Waals surface area contributed by atoms with E-state index in [9.17, 15) is 4.79 Å². The van der Waals surface area contributed by atoms with Gasteiger partial charge in [0.05, 0.1) is 11.6 Å². The van der Waals surface area contributed by atoms with Crippen LogP contribution in [0, 0.1) is 6.92 Å². The zero-order chi connectivity index (χ0) is 14.1. The van der Waals surface area contributed by atoms with Crippen molar-refractivity contribution < 1.29 is 9.47 Å². The van der Waals surface area contributed by atoms with Crippen LogP contribution in [-0.4, -0.2) is 17.8 Å². The summed E-state index contributed by atoms with van der Waals surface area (Å²) < 4.78 is 12.7. The number of rotatable bonds is 2. The van der Waals surface area contributed by atoms with Crippen LogP contribution in [0.25, 0.3) is 0 Å². The van der Waals surface area contributed by atoms with E-state index < -0.39 is 0 Å². The third-order valence-electron chi connectivity index (χ3n) is 3.22. The van der Waals surface area contributed by atoms with Crippen LogP contribution in [0.15, 0.2) is 35.3 Å². The molecule has 0 saturated carbocycles. The maximum absolute atomic E-state index is 12.0. The summed E-state index contributed by atoms with van der Waals surface area (Å²) >= 11 is 6.19. The topological polar surface area (TPSA) is 40.5 Å². The lowest BCUT2D eigenvalue weighted by Gasteiger charge is -2.20. The van der Waals surface area contributed by atoms with Crippen LogP contribution in [0.1, 0.15) is 11.1 Å². The average molecular weight is 292 g/mol. The first-order valence-electron chi connectivity index (χ1n) is 6.39. The van der Waals surface area contributed by atoms with Crippen LogP contribution >= 0.6 is 11.6 Å². The molecule has 0 unspecified atom stereocenters. The Balaban J connectivity index is 1.97. The van der Waals surface area contributed by atoms with E-state index in [4.69, 9.17) is 21.1 Å². The van der Waals surface area contributed by atoms with Crippen molar-refractivity contribution in [2.75, 3.05) is 13.2 Å². The second-order valence-electron chi connectivity index (χ2n) is 4.73. The van der Waals surface area contributed by atoms with E-state index in [1.54, 1.807) is 23.8 Å². The highest BCUT2D eigenvalue weighted by Gasteiger charge is 2.16. The van der Waals surface area contributed by atoms with E-state index in [2.05, 4.69) is 0 Å². The van der Waals surface area contributed by atoms with Gasteiger partial charge < -0.3 is 14.0 Å². The predicted molar refractivity (Wildman–Crippen MR) is 77.0 cm³/mol. The summed E-state index contributed by atoms with van der Waals surface area (Å²) in [7, 11) is 0. The third kappa shape index (κ3) is 2.39. The standard InChI is InChI=1S/C15H14ClNO3/c1-10-3-2-4-17(15(10)18)9-11-7-12(16)14-13(8-11)19-5-6-20-14/h2-4,7-8H,5-6,9H2,1H3. The van der Waals surface area contributed by atoms with E-state index in [1.165, 1.54) is 0 Å². The molecule has 0 radical (unpaired) electrons. The Morgan fingerprint density at radius 2 is 2.10 bits per heavy atom. The molecule has 0 fully saturated rings. The van der Waals surface area contributed by atoms with Gasteiger partial charge in [-0.15, -0.1) is 0 Å². The predicted octanol–water partition coefficient (Wildman–Crippen LogP) is 2.63. The third-order valence-corrected chi connectivity index (χ3v) is 3.50. The van der Waals surface area contributed by atoms with Crippen LogP contribution in [0.3, 0.4) is 0 Å². The SMILES string of the molecule is Cc1cccn(Cc2cc(Cl)c3c(c2)OCCO3)c1=O. The Hall–Kier alpha value is -1.94. The molecule has 0 aliphatic carbocycles. The van der Waals surface area contributed by atoms with Crippen molar-refractivity contribution >= 4 is 11.6 Å². The normalized spacial score (nSPS) is 13.3. The molecule has 2 heterocycles. The van der Waals surface area contributed by atoms with Crippen molar-refractivity contribution in [3.63, 3.8) is 0 Å². The monoisotopic (exact) mass is 291 g/mol. The minimum absolute atomic E-state index is 0.00138. The fourth-order valence-corrected chi connectivity index (χ4v) is 2.52. The number of hydrogen-bond donors (Lipinski definition) is 0. The molecule has 0 amide bonds. The van der Waals surface area contributed by atoms with Gasteiger partial charge in [-0.25, -0.2) is 0 Å². The number of aromatic nitrogens is 1. The maximum atomic E-state index is 12.0. The van der Waals surface area contributed by atoms with Gasteiger partial charge in [0, 0.05) is 11.8 Å². The molecule has 0 saturated heterocycles. The zero-order valence-corrected chi connectivity index (χ0v) is 11.8. The van der Waals surface area contributed by atoms with Gasteiger partial charge in [0.2, 0.25) is 0 Å². The van der Waals surface area contributed by atoms with Crippen molar-refractivity contribution in [2.45, 2.75) is 13.5 Å². The highest BCUT2D eigenvalue weighted by atomic mass is 35.5. The summed E-state index contributed by atoms with van der Waals surface area (Å²) in [5.74, 6) is 1.22. The van der Waals surface area contributed by atoms with Gasteiger partial charge in [-0.1, -0.05) is 17.7 Å². The minimum Gasteiger partial charge on any atom is -0.486 e. The lowest BCUT2D eigenvalue weighted by Crippen LogP contribution is -2.22. The largest absolute Gasteiger partial charge is 0.486 e. The molecular formula is C15H14ClNO3. The van der Waals surface area contributed by atoms with Crippen molar-refractivity contribution in [2.24, 2.45) is 0 Å². The number of halogens is 1. The van der Waals surface area contributed by atoms with E-state index >= 15 is 0 Å². The first-order valence-corrected chi connectivity index (χ1v) is 6.77. The summed E-state index contributed by atoms with van der Waals surface area (Å²) in [6.07, 6.45) is 1.76. The lowest BCUT2D eigenvalue weighted by atomic mass is 10.2. The molecule has 1 aromatic heterocycles. The number of aryl methyl sites for hydroxylation is 1. The fourth-order valence-electron chi connectivity index (χ4n) is 2.23. The number of pyridine rings is 1. The second kappa shape index (κ2) is 5.21. The highest BCUT2D eigenvalue weighted by Crippen LogP contribution is 2.38. The molecule has 4 nitrogen and oxygen atoms in total. The summed E-state index contributed by atoms with van der Waals surface area (Å²) in [5, 5.41) is 0.512. The number of benzene rings is 1. The summed E-state index contributed by atoms with van der Waals surface area (Å²) in [4.78, 5) is 12.0. The summed E-state index contributed by atoms with van der Waals surface area (Å²) in [6, 6.07) is 7.34. The van der Waals surface area contributed by atoms with Crippen LogP contribution in [0.2, 0.25) is 5.02 Å². The van der Waals surface area contributed by atoms with Gasteiger partial charge in [-0.2, -0.15) is 0 Å². The fraction of sp³-hybridized carbons (Fsp3) is 0.267. The Bertz CT molecular complexity index is 709. The highest BCUT2D eigenvalue weighted by molar-refractivity contribution is 6.32. The molecule has 20 heavy (non-hydrogen) atoms. The van der Waals surface area contributed by atoms with Crippen LogP contribution in [-0.2, 0) is 6.54 Å². The quantitative estimate of drug-likeness (QED) is 0.854. The van der Waals surface area contributed by atoms with Gasteiger partial charge in [0.15, 0.2) is 11.5 Å². The Morgan fingerprint density at radius 3 is 2.95 bits per heavy atom. The van der Waals surface area contributed by atoms with E-state index in [0.717, 1.165) is 11.1 Å². The second-order valence-corrected chi connectivity index (χ2v) is 5.13. The van der Waals surface area contributed by atoms with Gasteiger partial charge in [-0.3, -0.25) is 4.79 Å². The van der Waals surface area contributed by atoms with Crippen molar-refractivity contribution in [3.05, 3.63) is 57.0 Å². The Labute approximate surface area is 121 Å². The molecule has 0 N–H and O–H groups in total. The molecule has 2 aromatic rings. The summed E-state index contributed by atoms with van der Waals surface area (Å²) in [6.45, 7) is 3.27. The molecule has 0 bridgehead atoms. The van der Waals surface area contributed by atoms with E-state index in [1.807, 2.05) is 18.2 Å². The van der Waals surface area contributed by atoms with Crippen LogP contribution < -0.4 is 15.0 Å². The maximum Gasteiger partial charge on any atom is 0.253 e. The molecular weight excluding hydrogens is 278 g/mol. The Morgan fingerprint density at radius 1 is 1.30 bits per heavy atom. The van der Waals surface area contributed by atoms with Gasteiger partial charge in [-0.05, 0) is 30.7 Å². The zero-order valence-electron chi connectivity index (χ0n) is 11.1. The molecule has 1 aromatic carbocycles. The molecule has 104 valence electrons. The van der Waals surface area contributed by atoms with E-state index in [-0.39, 0.29) is 5.56 Å². The summed E-state index contributed by atoms with van der Waals surface area (Å²) in [5.41, 5.74) is 1.63. The molecule has 5 heteroatoms. The van der Waals surface area contributed by atoms with Crippen molar-refractivity contribution in [1.82, 2.24) is 4.57 Å². The molecule has 0 atom stereocenters. The number of ether oxygens (including phenoxy) is 2. The van der Waals surface area contributed by atoms with Crippen LogP contribution in [0.4, 0.5) is 0 Å². The average Bonchev–Trinajstić information content (AvgIpc) is 2.44. The van der Waals surface area contributed by atoms with Crippen LogP contribution in [0.5, 0.6) is 11.5 Å². The molecule has 0 spiro atoms. The first-order chi connectivity index (χ1) is 9.65. The smallest absolute Gasteiger partial charge is 0.253 e. The molecule has 1 aliphatic heterocycles. The number of hydrogen-bond acceptors (Lipinski definition) is 3. The first kappa shape index (κ1) is 13.1. The molecule has 3 rings (SSSR count). The number of fused-ring (bicyclic) bond motifs is 1. The molecule has 1 aliphatic rings. The number of nitrogens with zero attached hydrogens (tertiary/aromatic N) is 1. The van der Waals surface area contributed by atoms with Gasteiger partial charge in [0.25, 0.3) is 5.56 Å². The van der Waals surface area contributed by atoms with Crippen molar-refractivity contribution in [3.8, 4) is 11.5 Å². The minimum atomic E-state index is -0.00138.